The van der Waals surface area contributed by atoms with Crippen LogP contribution < -0.4 is 10.5 Å². The number of benzene rings is 2. The van der Waals surface area contributed by atoms with Crippen LogP contribution in [0.25, 0.3) is 0 Å². The Kier molecular flexibility index (Phi) is 4.23. The van der Waals surface area contributed by atoms with Gasteiger partial charge in [0.1, 0.15) is 16.5 Å². The highest BCUT2D eigenvalue weighted by atomic mass is 32.2. The van der Waals surface area contributed by atoms with E-state index in [9.17, 15) is 0 Å². The van der Waals surface area contributed by atoms with Gasteiger partial charge in [-0.3, -0.25) is 0 Å². The second-order valence-electron chi connectivity index (χ2n) is 3.67. The monoisotopic (exact) mass is 275 g/mol. The van der Waals surface area contributed by atoms with Crippen LogP contribution in [-0.2, 0) is 0 Å². The zero-order chi connectivity index (χ0) is 13.0. The van der Waals surface area contributed by atoms with Gasteiger partial charge in [-0.05, 0) is 54.8 Å². The number of thiocarbonyl (C=S) groups is 1. The van der Waals surface area contributed by atoms with Crippen molar-refractivity contribution in [2.75, 3.05) is 6.26 Å². The highest BCUT2D eigenvalue weighted by molar-refractivity contribution is 7.98. The van der Waals surface area contributed by atoms with E-state index in [1.807, 2.05) is 54.8 Å². The lowest BCUT2D eigenvalue weighted by molar-refractivity contribution is 0.482. The molecule has 0 aliphatic carbocycles. The Morgan fingerprint density at radius 1 is 1.00 bits per heavy atom. The Hall–Kier alpha value is -1.52. The van der Waals surface area contributed by atoms with Gasteiger partial charge in [0.05, 0.1) is 0 Å². The number of thioether (sulfide) groups is 1. The van der Waals surface area contributed by atoms with Gasteiger partial charge in [0, 0.05) is 10.5 Å². The van der Waals surface area contributed by atoms with Crippen molar-refractivity contribution in [2.24, 2.45) is 5.73 Å². The van der Waals surface area contributed by atoms with Gasteiger partial charge in [-0.2, -0.15) is 0 Å². The summed E-state index contributed by atoms with van der Waals surface area (Å²) in [6, 6.07) is 15.4. The first-order chi connectivity index (χ1) is 8.69. The fourth-order valence-electron chi connectivity index (χ4n) is 1.47. The molecule has 2 aromatic rings. The molecule has 0 atom stereocenters. The summed E-state index contributed by atoms with van der Waals surface area (Å²) in [4.78, 5) is 1.61. The van der Waals surface area contributed by atoms with Crippen molar-refractivity contribution in [1.29, 1.82) is 0 Å². The van der Waals surface area contributed by atoms with Gasteiger partial charge in [0.15, 0.2) is 0 Å². The maximum atomic E-state index is 5.72. The van der Waals surface area contributed by atoms with E-state index >= 15 is 0 Å². The topological polar surface area (TPSA) is 35.2 Å². The van der Waals surface area contributed by atoms with Crippen molar-refractivity contribution in [1.82, 2.24) is 0 Å². The molecule has 0 aliphatic rings. The molecule has 18 heavy (non-hydrogen) atoms. The van der Waals surface area contributed by atoms with Gasteiger partial charge < -0.3 is 10.5 Å². The fourth-order valence-corrected chi connectivity index (χ4v) is 2.01. The highest BCUT2D eigenvalue weighted by Crippen LogP contribution is 2.24. The van der Waals surface area contributed by atoms with E-state index in [0.29, 0.717) is 4.99 Å². The third-order valence-electron chi connectivity index (χ3n) is 2.43. The Balaban J connectivity index is 2.10. The molecule has 0 saturated heterocycles. The molecule has 0 bridgehead atoms. The molecule has 0 amide bonds. The van der Waals surface area contributed by atoms with E-state index < -0.39 is 0 Å². The molecule has 0 aromatic heterocycles. The van der Waals surface area contributed by atoms with Crippen molar-refractivity contribution < 1.29 is 4.74 Å². The van der Waals surface area contributed by atoms with E-state index in [1.165, 1.54) is 4.90 Å². The maximum absolute atomic E-state index is 5.72. The zero-order valence-electron chi connectivity index (χ0n) is 9.92. The van der Waals surface area contributed by atoms with Crippen LogP contribution in [0.2, 0.25) is 0 Å². The van der Waals surface area contributed by atoms with Crippen LogP contribution in [0.15, 0.2) is 53.4 Å². The van der Waals surface area contributed by atoms with Crippen LogP contribution in [0.4, 0.5) is 0 Å². The van der Waals surface area contributed by atoms with E-state index in [-0.39, 0.29) is 0 Å². The van der Waals surface area contributed by atoms with Crippen molar-refractivity contribution in [2.45, 2.75) is 4.90 Å². The first-order valence-corrected chi connectivity index (χ1v) is 7.04. The lowest BCUT2D eigenvalue weighted by Crippen LogP contribution is -2.08. The van der Waals surface area contributed by atoms with Crippen molar-refractivity contribution in [3.8, 4) is 11.5 Å². The molecule has 2 aromatic carbocycles. The standard InChI is InChI=1S/C14H13NOS2/c1-18-13-8-6-12(7-9-13)16-11-4-2-10(3-5-11)14(15)17/h2-9H,1H3,(H2,15,17). The molecular formula is C14H13NOS2. The Labute approximate surface area is 116 Å². The molecule has 0 heterocycles. The third-order valence-corrected chi connectivity index (χ3v) is 3.41. The van der Waals surface area contributed by atoms with E-state index in [2.05, 4.69) is 0 Å². The first-order valence-electron chi connectivity index (χ1n) is 5.41. The van der Waals surface area contributed by atoms with Gasteiger partial charge >= 0.3 is 0 Å². The summed E-state index contributed by atoms with van der Waals surface area (Å²) < 4.78 is 5.72. The molecule has 0 spiro atoms. The van der Waals surface area contributed by atoms with Gasteiger partial charge in [0.25, 0.3) is 0 Å². The fraction of sp³-hybridized carbons (Fsp3) is 0.0714. The minimum atomic E-state index is 0.394. The number of hydrogen-bond acceptors (Lipinski definition) is 3. The molecule has 4 heteroatoms. The molecule has 92 valence electrons. The lowest BCUT2D eigenvalue weighted by Gasteiger charge is -2.07. The lowest BCUT2D eigenvalue weighted by atomic mass is 10.2. The average Bonchev–Trinajstić information content (AvgIpc) is 2.40. The molecule has 2 rings (SSSR count). The maximum Gasteiger partial charge on any atom is 0.127 e. The van der Waals surface area contributed by atoms with E-state index in [1.54, 1.807) is 11.8 Å². The normalized spacial score (nSPS) is 10.1. The van der Waals surface area contributed by atoms with Crippen LogP contribution in [-0.4, -0.2) is 11.2 Å². The molecule has 2 N–H and O–H groups in total. The second kappa shape index (κ2) is 5.89. The number of ether oxygens (including phenoxy) is 1. The van der Waals surface area contributed by atoms with E-state index in [0.717, 1.165) is 17.1 Å². The SMILES string of the molecule is CSc1ccc(Oc2ccc(C(N)=S)cc2)cc1. The van der Waals surface area contributed by atoms with Crippen molar-refractivity contribution in [3.63, 3.8) is 0 Å². The predicted octanol–water partition coefficient (Wildman–Crippen LogP) is 3.84. The molecular weight excluding hydrogens is 262 g/mol. The van der Waals surface area contributed by atoms with Gasteiger partial charge in [-0.25, -0.2) is 0 Å². The highest BCUT2D eigenvalue weighted by Gasteiger charge is 1.99. The molecule has 0 saturated carbocycles. The summed E-state index contributed by atoms with van der Waals surface area (Å²) >= 11 is 6.60. The molecule has 0 fully saturated rings. The molecule has 0 radical (unpaired) electrons. The van der Waals surface area contributed by atoms with Crippen molar-refractivity contribution >= 4 is 29.0 Å². The first kappa shape index (κ1) is 12.9. The summed E-state index contributed by atoms with van der Waals surface area (Å²) in [5.41, 5.74) is 6.38. The zero-order valence-corrected chi connectivity index (χ0v) is 11.6. The number of nitrogens with two attached hydrogens (primary N) is 1. The van der Waals surface area contributed by atoms with Crippen LogP contribution in [0, 0.1) is 0 Å². The summed E-state index contributed by atoms with van der Waals surface area (Å²) in [5, 5.41) is 0. The van der Waals surface area contributed by atoms with Crippen LogP contribution in [0.5, 0.6) is 11.5 Å². The van der Waals surface area contributed by atoms with E-state index in [4.69, 9.17) is 22.7 Å². The Morgan fingerprint density at radius 3 is 1.94 bits per heavy atom. The largest absolute Gasteiger partial charge is 0.457 e. The number of hydrogen-bond donors (Lipinski definition) is 1. The smallest absolute Gasteiger partial charge is 0.127 e. The average molecular weight is 275 g/mol. The number of rotatable bonds is 4. The molecule has 0 unspecified atom stereocenters. The van der Waals surface area contributed by atoms with Crippen molar-refractivity contribution in [3.05, 3.63) is 54.1 Å². The van der Waals surface area contributed by atoms with Crippen LogP contribution >= 0.6 is 24.0 Å². The second-order valence-corrected chi connectivity index (χ2v) is 4.99. The minimum absolute atomic E-state index is 0.394. The summed E-state index contributed by atoms with van der Waals surface area (Å²) in [7, 11) is 0. The van der Waals surface area contributed by atoms with Crippen LogP contribution in [0.1, 0.15) is 5.56 Å². The molecule has 0 aliphatic heterocycles. The summed E-state index contributed by atoms with van der Waals surface area (Å²) in [5.74, 6) is 1.59. The summed E-state index contributed by atoms with van der Waals surface area (Å²) in [6.45, 7) is 0. The quantitative estimate of drug-likeness (QED) is 0.679. The Bertz CT molecular complexity index is 535. The summed E-state index contributed by atoms with van der Waals surface area (Å²) in [6.07, 6.45) is 2.05. The van der Waals surface area contributed by atoms with Crippen LogP contribution in [0.3, 0.4) is 0 Å². The third kappa shape index (κ3) is 3.24. The van der Waals surface area contributed by atoms with Gasteiger partial charge in [-0.15, -0.1) is 11.8 Å². The predicted molar refractivity (Wildman–Crippen MR) is 80.6 cm³/mol. The van der Waals surface area contributed by atoms with Gasteiger partial charge in [0.2, 0.25) is 0 Å². The molecule has 2 nitrogen and oxygen atoms in total. The minimum Gasteiger partial charge on any atom is -0.457 e. The Morgan fingerprint density at radius 2 is 1.50 bits per heavy atom. The van der Waals surface area contributed by atoms with Gasteiger partial charge in [-0.1, -0.05) is 12.2 Å².